The minimum atomic E-state index is -3.23. The van der Waals surface area contributed by atoms with Crippen LogP contribution < -0.4 is 0 Å². The molecule has 0 fully saturated rings. The standard InChI is InChI=1S/C20H20FNO2S2.ClH/c1-22(2)13-17-12-19(14-6-10-18(11-7-14)26(3,23)24)20(25-17)15-4-8-16(21)9-5-15;/h4-12H,13H2,1-3H3;1H. The summed E-state index contributed by atoms with van der Waals surface area (Å²) in [5.41, 5.74) is 2.92. The lowest BCUT2D eigenvalue weighted by Gasteiger charge is -2.06. The van der Waals surface area contributed by atoms with Gasteiger partial charge in [0.25, 0.3) is 0 Å². The summed E-state index contributed by atoms with van der Waals surface area (Å²) in [6, 6.07) is 15.5. The molecule has 0 N–H and O–H groups in total. The summed E-state index contributed by atoms with van der Waals surface area (Å²) in [7, 11) is 0.798. The summed E-state index contributed by atoms with van der Waals surface area (Å²) in [5.74, 6) is -0.266. The molecule has 27 heavy (non-hydrogen) atoms. The molecule has 0 spiro atoms. The highest BCUT2D eigenvalue weighted by Crippen LogP contribution is 2.40. The molecule has 2 aromatic carbocycles. The Morgan fingerprint density at radius 2 is 1.52 bits per heavy atom. The number of nitrogens with zero attached hydrogens (tertiary/aromatic N) is 1. The number of hydrogen-bond donors (Lipinski definition) is 0. The van der Waals surface area contributed by atoms with Crippen LogP contribution in [0, 0.1) is 5.82 Å². The maximum atomic E-state index is 13.3. The van der Waals surface area contributed by atoms with E-state index in [1.54, 1.807) is 35.6 Å². The molecule has 0 amide bonds. The summed E-state index contributed by atoms with van der Waals surface area (Å²) in [4.78, 5) is 4.63. The zero-order valence-corrected chi connectivity index (χ0v) is 17.7. The third kappa shape index (κ3) is 5.17. The number of thiophene rings is 1. The molecule has 1 heterocycles. The summed E-state index contributed by atoms with van der Waals surface area (Å²) >= 11 is 1.67. The molecule has 3 aromatic rings. The van der Waals surface area contributed by atoms with Crippen LogP contribution in [0.25, 0.3) is 21.6 Å². The monoisotopic (exact) mass is 425 g/mol. The highest BCUT2D eigenvalue weighted by Gasteiger charge is 2.15. The Hall–Kier alpha value is -1.73. The molecule has 144 valence electrons. The Morgan fingerprint density at radius 3 is 2.04 bits per heavy atom. The molecule has 0 aliphatic rings. The second-order valence-electron chi connectivity index (χ2n) is 6.50. The number of halogens is 2. The lowest BCUT2D eigenvalue weighted by molar-refractivity contribution is 0.406. The van der Waals surface area contributed by atoms with Gasteiger partial charge in [0.1, 0.15) is 5.82 Å². The molecule has 0 aliphatic carbocycles. The van der Waals surface area contributed by atoms with E-state index in [0.717, 1.165) is 28.1 Å². The average molecular weight is 426 g/mol. The van der Waals surface area contributed by atoms with Crippen LogP contribution in [0.4, 0.5) is 4.39 Å². The maximum absolute atomic E-state index is 13.3. The van der Waals surface area contributed by atoms with Crippen LogP contribution >= 0.6 is 23.7 Å². The zero-order chi connectivity index (χ0) is 18.9. The molecule has 0 atom stereocenters. The molecule has 0 saturated carbocycles. The maximum Gasteiger partial charge on any atom is 0.175 e. The average Bonchev–Trinajstić information content (AvgIpc) is 2.98. The van der Waals surface area contributed by atoms with Crippen LogP contribution in [0.2, 0.25) is 0 Å². The highest BCUT2D eigenvalue weighted by molar-refractivity contribution is 7.90. The summed E-state index contributed by atoms with van der Waals surface area (Å²) in [6.45, 7) is 0.806. The van der Waals surface area contributed by atoms with E-state index in [9.17, 15) is 12.8 Å². The first kappa shape index (κ1) is 21.6. The SMILES string of the molecule is CN(C)Cc1cc(-c2ccc(S(C)(=O)=O)cc2)c(-c2ccc(F)cc2)s1.Cl. The van der Waals surface area contributed by atoms with E-state index in [0.29, 0.717) is 4.90 Å². The van der Waals surface area contributed by atoms with E-state index in [1.165, 1.54) is 23.3 Å². The third-order valence-corrected chi connectivity index (χ3v) is 6.25. The third-order valence-electron chi connectivity index (χ3n) is 3.96. The van der Waals surface area contributed by atoms with Crippen LogP contribution in [-0.2, 0) is 16.4 Å². The first-order chi connectivity index (χ1) is 12.2. The van der Waals surface area contributed by atoms with Gasteiger partial charge < -0.3 is 4.90 Å². The van der Waals surface area contributed by atoms with E-state index >= 15 is 0 Å². The fraction of sp³-hybridized carbons (Fsp3) is 0.200. The largest absolute Gasteiger partial charge is 0.304 e. The Bertz CT molecular complexity index is 1010. The van der Waals surface area contributed by atoms with Gasteiger partial charge >= 0.3 is 0 Å². The molecular weight excluding hydrogens is 405 g/mol. The van der Waals surface area contributed by atoms with Crippen molar-refractivity contribution >= 4 is 33.6 Å². The van der Waals surface area contributed by atoms with E-state index in [2.05, 4.69) is 11.0 Å². The predicted molar refractivity (Wildman–Crippen MR) is 113 cm³/mol. The van der Waals surface area contributed by atoms with Gasteiger partial charge in [-0.05, 0) is 55.6 Å². The topological polar surface area (TPSA) is 37.4 Å². The minimum Gasteiger partial charge on any atom is -0.304 e. The van der Waals surface area contributed by atoms with Crippen molar-refractivity contribution in [2.45, 2.75) is 11.4 Å². The Balaban J connectivity index is 0.00000261. The number of hydrogen-bond acceptors (Lipinski definition) is 4. The van der Waals surface area contributed by atoms with Crippen molar-refractivity contribution in [1.29, 1.82) is 0 Å². The van der Waals surface area contributed by atoms with E-state index < -0.39 is 9.84 Å². The van der Waals surface area contributed by atoms with Crippen molar-refractivity contribution in [2.24, 2.45) is 0 Å². The minimum absolute atomic E-state index is 0. The highest BCUT2D eigenvalue weighted by atomic mass is 35.5. The molecular formula is C20H21ClFNO2S2. The van der Waals surface area contributed by atoms with Crippen molar-refractivity contribution in [3.8, 4) is 21.6 Å². The lowest BCUT2D eigenvalue weighted by Crippen LogP contribution is -2.09. The summed E-state index contributed by atoms with van der Waals surface area (Å²) in [6.07, 6.45) is 1.20. The second-order valence-corrected chi connectivity index (χ2v) is 9.65. The van der Waals surface area contributed by atoms with Gasteiger partial charge in [-0.2, -0.15) is 0 Å². The van der Waals surface area contributed by atoms with Crippen molar-refractivity contribution in [1.82, 2.24) is 4.90 Å². The number of rotatable bonds is 5. The van der Waals surface area contributed by atoms with Gasteiger partial charge in [0.05, 0.1) is 4.90 Å². The van der Waals surface area contributed by atoms with Crippen molar-refractivity contribution in [3.63, 3.8) is 0 Å². The van der Waals surface area contributed by atoms with Gasteiger partial charge in [0.15, 0.2) is 9.84 Å². The molecule has 0 unspecified atom stereocenters. The molecule has 3 nitrogen and oxygen atoms in total. The second kappa shape index (κ2) is 8.52. The van der Waals surface area contributed by atoms with Gasteiger partial charge in [0, 0.05) is 28.1 Å². The van der Waals surface area contributed by atoms with E-state index in [-0.39, 0.29) is 18.2 Å². The van der Waals surface area contributed by atoms with Gasteiger partial charge in [-0.15, -0.1) is 23.7 Å². The van der Waals surface area contributed by atoms with Crippen molar-refractivity contribution < 1.29 is 12.8 Å². The quantitative estimate of drug-likeness (QED) is 0.570. The zero-order valence-electron chi connectivity index (χ0n) is 15.3. The van der Waals surface area contributed by atoms with Gasteiger partial charge in [-0.3, -0.25) is 0 Å². The van der Waals surface area contributed by atoms with Crippen LogP contribution in [0.5, 0.6) is 0 Å². The van der Waals surface area contributed by atoms with Gasteiger partial charge in [0.2, 0.25) is 0 Å². The Morgan fingerprint density at radius 1 is 0.963 bits per heavy atom. The van der Waals surface area contributed by atoms with Gasteiger partial charge in [-0.25, -0.2) is 12.8 Å². The molecule has 1 aromatic heterocycles. The van der Waals surface area contributed by atoms with Crippen LogP contribution in [0.1, 0.15) is 4.88 Å². The fourth-order valence-electron chi connectivity index (χ4n) is 2.74. The van der Waals surface area contributed by atoms with Crippen LogP contribution in [0.3, 0.4) is 0 Å². The van der Waals surface area contributed by atoms with E-state index in [4.69, 9.17) is 0 Å². The lowest BCUT2D eigenvalue weighted by atomic mass is 10.0. The van der Waals surface area contributed by atoms with E-state index in [1.807, 2.05) is 26.2 Å². The molecule has 0 aliphatic heterocycles. The normalized spacial score (nSPS) is 11.4. The number of benzene rings is 2. The molecule has 0 bridgehead atoms. The molecule has 7 heteroatoms. The molecule has 0 saturated heterocycles. The summed E-state index contributed by atoms with van der Waals surface area (Å²) in [5, 5.41) is 0. The Kier molecular flexibility index (Phi) is 6.81. The predicted octanol–water partition coefficient (Wildman–Crippen LogP) is 5.11. The fourth-order valence-corrected chi connectivity index (χ4v) is 4.68. The molecule has 3 rings (SSSR count). The van der Waals surface area contributed by atoms with Crippen molar-refractivity contribution in [3.05, 3.63) is 65.3 Å². The van der Waals surface area contributed by atoms with Crippen LogP contribution in [-0.4, -0.2) is 33.7 Å². The van der Waals surface area contributed by atoms with Crippen molar-refractivity contribution in [2.75, 3.05) is 20.4 Å². The van der Waals surface area contributed by atoms with Gasteiger partial charge in [-0.1, -0.05) is 24.3 Å². The number of sulfone groups is 1. The van der Waals surface area contributed by atoms with Crippen LogP contribution in [0.15, 0.2) is 59.5 Å². The smallest absolute Gasteiger partial charge is 0.175 e. The Labute approximate surface area is 169 Å². The molecule has 0 radical (unpaired) electrons. The first-order valence-corrected chi connectivity index (χ1v) is 10.8. The first-order valence-electron chi connectivity index (χ1n) is 8.08. The summed E-state index contributed by atoms with van der Waals surface area (Å²) < 4.78 is 36.7.